The second kappa shape index (κ2) is 7.07. The Morgan fingerprint density at radius 2 is 1.81 bits per heavy atom. The van der Waals surface area contributed by atoms with E-state index in [4.69, 9.17) is 14.0 Å². The van der Waals surface area contributed by atoms with Crippen LogP contribution in [0.5, 0.6) is 11.6 Å². The molecule has 0 aliphatic carbocycles. The van der Waals surface area contributed by atoms with Gasteiger partial charge in [0.1, 0.15) is 5.75 Å². The maximum atomic E-state index is 5.73. The van der Waals surface area contributed by atoms with E-state index in [0.29, 0.717) is 29.8 Å². The fourth-order valence-corrected chi connectivity index (χ4v) is 2.87. The number of aromatic nitrogens is 3. The molecule has 0 saturated carbocycles. The predicted octanol–water partition coefficient (Wildman–Crippen LogP) is 4.67. The van der Waals surface area contributed by atoms with E-state index in [1.54, 1.807) is 7.11 Å². The Hall–Kier alpha value is -3.41. The Kier molecular flexibility index (Phi) is 4.46. The lowest BCUT2D eigenvalue weighted by Crippen LogP contribution is -1.98. The van der Waals surface area contributed by atoms with Gasteiger partial charge in [0.15, 0.2) is 0 Å². The van der Waals surface area contributed by atoms with Crippen LogP contribution in [0.4, 0.5) is 0 Å². The molecule has 0 fully saturated rings. The molecule has 2 heterocycles. The molecule has 0 aliphatic heterocycles. The van der Waals surface area contributed by atoms with E-state index >= 15 is 0 Å². The summed E-state index contributed by atoms with van der Waals surface area (Å²) in [5.41, 5.74) is 3.55. The summed E-state index contributed by atoms with van der Waals surface area (Å²) in [7, 11) is 1.63. The second-order valence-corrected chi connectivity index (χ2v) is 6.12. The van der Waals surface area contributed by atoms with Gasteiger partial charge in [-0.2, -0.15) is 4.98 Å². The zero-order chi connectivity index (χ0) is 18.8. The number of pyridine rings is 1. The molecule has 2 aromatic heterocycles. The van der Waals surface area contributed by atoms with Crippen LogP contribution in [0, 0.1) is 6.92 Å². The van der Waals surface area contributed by atoms with Crippen LogP contribution in [0.1, 0.15) is 12.5 Å². The number of methoxy groups -OCH3 is 1. The largest absolute Gasteiger partial charge is 0.497 e. The van der Waals surface area contributed by atoms with Crippen molar-refractivity contribution in [2.24, 2.45) is 0 Å². The van der Waals surface area contributed by atoms with Gasteiger partial charge in [-0.05, 0) is 56.3 Å². The summed E-state index contributed by atoms with van der Waals surface area (Å²) >= 11 is 0. The highest BCUT2D eigenvalue weighted by atomic mass is 16.5. The monoisotopic (exact) mass is 361 g/mol. The predicted molar refractivity (Wildman–Crippen MR) is 103 cm³/mol. The molecule has 2 aromatic carbocycles. The normalized spacial score (nSPS) is 10.9. The lowest BCUT2D eigenvalue weighted by molar-refractivity contribution is 0.329. The van der Waals surface area contributed by atoms with E-state index < -0.39 is 0 Å². The number of hydrogen-bond donors (Lipinski definition) is 0. The van der Waals surface area contributed by atoms with E-state index in [-0.39, 0.29) is 0 Å². The molecule has 0 aliphatic rings. The van der Waals surface area contributed by atoms with Gasteiger partial charge in [0.2, 0.25) is 11.7 Å². The number of nitrogens with zero attached hydrogens (tertiary/aromatic N) is 3. The van der Waals surface area contributed by atoms with Crippen molar-refractivity contribution in [1.29, 1.82) is 0 Å². The highest BCUT2D eigenvalue weighted by Crippen LogP contribution is 2.32. The van der Waals surface area contributed by atoms with E-state index in [0.717, 1.165) is 27.8 Å². The zero-order valence-corrected chi connectivity index (χ0v) is 15.4. The Bertz CT molecular complexity index is 1090. The third-order valence-corrected chi connectivity index (χ3v) is 4.22. The van der Waals surface area contributed by atoms with Gasteiger partial charge >= 0.3 is 0 Å². The topological polar surface area (TPSA) is 70.3 Å². The van der Waals surface area contributed by atoms with Crippen LogP contribution < -0.4 is 9.47 Å². The molecule has 4 rings (SSSR count). The van der Waals surface area contributed by atoms with Gasteiger partial charge in [-0.25, -0.2) is 4.98 Å². The zero-order valence-electron chi connectivity index (χ0n) is 15.4. The summed E-state index contributed by atoms with van der Waals surface area (Å²) in [5.74, 6) is 2.14. The molecular formula is C21H19N3O3. The van der Waals surface area contributed by atoms with E-state index in [9.17, 15) is 0 Å². The van der Waals surface area contributed by atoms with Crippen LogP contribution >= 0.6 is 0 Å². The highest BCUT2D eigenvalue weighted by molar-refractivity contribution is 5.85. The SMILES string of the molecule is CCOc1nc2ccc(C)cc2cc1-c1noc(-c2ccc(OC)cc2)n1. The van der Waals surface area contributed by atoms with Crippen molar-refractivity contribution in [3.63, 3.8) is 0 Å². The van der Waals surface area contributed by atoms with Crippen LogP contribution in [0.2, 0.25) is 0 Å². The maximum Gasteiger partial charge on any atom is 0.258 e. The van der Waals surface area contributed by atoms with E-state index in [2.05, 4.69) is 21.2 Å². The van der Waals surface area contributed by atoms with Gasteiger partial charge in [0, 0.05) is 10.9 Å². The first-order valence-corrected chi connectivity index (χ1v) is 8.70. The first-order valence-electron chi connectivity index (χ1n) is 8.70. The van der Waals surface area contributed by atoms with Crippen molar-refractivity contribution in [2.75, 3.05) is 13.7 Å². The first kappa shape index (κ1) is 17.0. The van der Waals surface area contributed by atoms with Gasteiger partial charge in [0.05, 0.1) is 24.8 Å². The lowest BCUT2D eigenvalue weighted by Gasteiger charge is -2.08. The summed E-state index contributed by atoms with van der Waals surface area (Å²) in [6, 6.07) is 15.5. The van der Waals surface area contributed by atoms with Crippen molar-refractivity contribution in [3.05, 3.63) is 54.1 Å². The number of rotatable bonds is 5. The minimum Gasteiger partial charge on any atom is -0.497 e. The molecule has 0 bridgehead atoms. The van der Waals surface area contributed by atoms with Gasteiger partial charge in [-0.15, -0.1) is 0 Å². The number of hydrogen-bond acceptors (Lipinski definition) is 6. The fourth-order valence-electron chi connectivity index (χ4n) is 2.87. The van der Waals surface area contributed by atoms with Gasteiger partial charge < -0.3 is 14.0 Å². The molecule has 136 valence electrons. The lowest BCUT2D eigenvalue weighted by atomic mass is 10.1. The first-order chi connectivity index (χ1) is 13.2. The summed E-state index contributed by atoms with van der Waals surface area (Å²) in [4.78, 5) is 9.17. The van der Waals surface area contributed by atoms with Gasteiger partial charge in [-0.3, -0.25) is 0 Å². The molecule has 0 unspecified atom stereocenters. The fraction of sp³-hybridized carbons (Fsp3) is 0.190. The molecule has 0 radical (unpaired) electrons. The average Bonchev–Trinajstić information content (AvgIpc) is 3.18. The van der Waals surface area contributed by atoms with Crippen LogP contribution in [0.3, 0.4) is 0 Å². The molecule has 0 amide bonds. The van der Waals surface area contributed by atoms with Crippen molar-refractivity contribution in [2.45, 2.75) is 13.8 Å². The van der Waals surface area contributed by atoms with E-state index in [1.807, 2.05) is 56.3 Å². The Labute approximate surface area is 156 Å². The summed E-state index contributed by atoms with van der Waals surface area (Å²) in [6.07, 6.45) is 0. The molecule has 0 N–H and O–H groups in total. The third-order valence-electron chi connectivity index (χ3n) is 4.22. The minimum absolute atomic E-state index is 0.430. The minimum atomic E-state index is 0.430. The van der Waals surface area contributed by atoms with Crippen LogP contribution in [-0.2, 0) is 0 Å². The molecule has 27 heavy (non-hydrogen) atoms. The maximum absolute atomic E-state index is 5.73. The highest BCUT2D eigenvalue weighted by Gasteiger charge is 2.17. The number of aryl methyl sites for hydroxylation is 1. The number of ether oxygens (including phenoxy) is 2. The molecule has 0 atom stereocenters. The molecule has 4 aromatic rings. The molecule has 0 spiro atoms. The van der Waals surface area contributed by atoms with Crippen molar-refractivity contribution in [1.82, 2.24) is 15.1 Å². The molecule has 0 saturated heterocycles. The molecule has 6 nitrogen and oxygen atoms in total. The number of fused-ring (bicyclic) bond motifs is 1. The average molecular weight is 361 g/mol. The Morgan fingerprint density at radius 3 is 2.56 bits per heavy atom. The summed E-state index contributed by atoms with van der Waals surface area (Å²) in [5, 5.41) is 5.14. The van der Waals surface area contributed by atoms with Crippen molar-refractivity contribution in [3.8, 4) is 34.5 Å². The molecular weight excluding hydrogens is 342 g/mol. The Balaban J connectivity index is 1.78. The summed E-state index contributed by atoms with van der Waals surface area (Å²) < 4.78 is 16.4. The third kappa shape index (κ3) is 3.33. The quantitative estimate of drug-likeness (QED) is 0.514. The standard InChI is InChI=1S/C21H19N3O3/c1-4-26-21-17(12-15-11-13(2)5-10-18(15)22-21)19-23-20(27-24-19)14-6-8-16(25-3)9-7-14/h5-12H,4H2,1-3H3. The smallest absolute Gasteiger partial charge is 0.258 e. The van der Waals surface area contributed by atoms with Crippen molar-refractivity contribution >= 4 is 10.9 Å². The Morgan fingerprint density at radius 1 is 1.00 bits per heavy atom. The molecule has 6 heteroatoms. The van der Waals surface area contributed by atoms with Crippen LogP contribution in [-0.4, -0.2) is 28.8 Å². The van der Waals surface area contributed by atoms with Crippen molar-refractivity contribution < 1.29 is 14.0 Å². The van der Waals surface area contributed by atoms with Crippen LogP contribution in [0.25, 0.3) is 33.7 Å². The van der Waals surface area contributed by atoms with Gasteiger partial charge in [0.25, 0.3) is 5.89 Å². The summed E-state index contributed by atoms with van der Waals surface area (Å²) in [6.45, 7) is 4.47. The van der Waals surface area contributed by atoms with Crippen LogP contribution in [0.15, 0.2) is 53.1 Å². The number of benzene rings is 2. The van der Waals surface area contributed by atoms with E-state index in [1.165, 1.54) is 0 Å². The second-order valence-electron chi connectivity index (χ2n) is 6.12. The van der Waals surface area contributed by atoms with Gasteiger partial charge in [-0.1, -0.05) is 16.8 Å².